The van der Waals surface area contributed by atoms with Gasteiger partial charge in [0.25, 0.3) is 0 Å². The second-order valence-corrected chi connectivity index (χ2v) is 5.66. The van der Waals surface area contributed by atoms with Gasteiger partial charge in [-0.15, -0.1) is 0 Å². The molecule has 0 saturated heterocycles. The maximum Gasteiger partial charge on any atom is 0.229 e. The number of rotatable bonds is 4. The van der Waals surface area contributed by atoms with Crippen LogP contribution >= 0.6 is 0 Å². The predicted molar refractivity (Wildman–Crippen MR) is 81.3 cm³/mol. The Bertz CT molecular complexity index is 772. The number of aryl methyl sites for hydroxylation is 2. The lowest BCUT2D eigenvalue weighted by Gasteiger charge is -2.03. The Balaban J connectivity index is 1.91. The summed E-state index contributed by atoms with van der Waals surface area (Å²) in [6, 6.07) is 4.27. The highest BCUT2D eigenvalue weighted by atomic mass is 16.5. The molecule has 0 amide bonds. The molecule has 0 N–H and O–H groups in total. The van der Waals surface area contributed by atoms with Gasteiger partial charge in [0.15, 0.2) is 5.82 Å². The third kappa shape index (κ3) is 2.55. The van der Waals surface area contributed by atoms with Gasteiger partial charge in [0.2, 0.25) is 5.89 Å². The van der Waals surface area contributed by atoms with Crippen LogP contribution in [0.1, 0.15) is 49.0 Å². The van der Waals surface area contributed by atoms with Gasteiger partial charge in [-0.1, -0.05) is 19.0 Å². The van der Waals surface area contributed by atoms with E-state index in [4.69, 9.17) is 4.52 Å². The van der Waals surface area contributed by atoms with Crippen molar-refractivity contribution in [3.05, 3.63) is 41.3 Å². The molecule has 5 nitrogen and oxygen atoms in total. The van der Waals surface area contributed by atoms with Crippen LogP contribution in [0.25, 0.3) is 11.0 Å². The summed E-state index contributed by atoms with van der Waals surface area (Å²) in [6.45, 7) is 9.00. The van der Waals surface area contributed by atoms with Gasteiger partial charge in [-0.25, -0.2) is 4.98 Å². The van der Waals surface area contributed by atoms with Gasteiger partial charge in [0.05, 0.1) is 23.9 Å². The minimum Gasteiger partial charge on any atom is -0.339 e. The molecule has 0 aliphatic heterocycles. The minimum absolute atomic E-state index is 0.302. The summed E-state index contributed by atoms with van der Waals surface area (Å²) in [7, 11) is 0. The molecule has 3 aromatic rings. The fourth-order valence-corrected chi connectivity index (χ4v) is 2.30. The van der Waals surface area contributed by atoms with Crippen LogP contribution in [0.5, 0.6) is 0 Å². The second kappa shape index (κ2) is 5.31. The van der Waals surface area contributed by atoms with Crippen LogP contribution in [-0.2, 0) is 6.54 Å². The van der Waals surface area contributed by atoms with E-state index in [-0.39, 0.29) is 0 Å². The Hall–Kier alpha value is -2.17. The lowest BCUT2D eigenvalue weighted by molar-refractivity contribution is 0.352. The standard InChI is InChI=1S/C16H20N4O/c1-5-10(2)16-18-15(19-21-16)8-20-9-17-13-6-11(3)12(4)7-14(13)20/h6-7,9-10H,5,8H2,1-4H3. The van der Waals surface area contributed by atoms with E-state index in [1.54, 1.807) is 0 Å². The molecule has 21 heavy (non-hydrogen) atoms. The molecule has 0 saturated carbocycles. The molecule has 3 rings (SSSR count). The molecular weight excluding hydrogens is 264 g/mol. The summed E-state index contributed by atoms with van der Waals surface area (Å²) in [5.41, 5.74) is 4.63. The summed E-state index contributed by atoms with van der Waals surface area (Å²) in [4.78, 5) is 8.93. The molecule has 1 unspecified atom stereocenters. The normalized spacial score (nSPS) is 13.0. The first kappa shape index (κ1) is 13.8. The van der Waals surface area contributed by atoms with E-state index >= 15 is 0 Å². The number of nitrogens with zero attached hydrogens (tertiary/aromatic N) is 4. The molecular formula is C16H20N4O. The number of imidazole rings is 1. The fourth-order valence-electron chi connectivity index (χ4n) is 2.30. The van der Waals surface area contributed by atoms with Crippen molar-refractivity contribution in [2.75, 3.05) is 0 Å². The van der Waals surface area contributed by atoms with Crippen LogP contribution in [0.2, 0.25) is 0 Å². The largest absolute Gasteiger partial charge is 0.339 e. The average Bonchev–Trinajstić information content (AvgIpc) is 3.08. The molecule has 2 heterocycles. The average molecular weight is 284 g/mol. The molecule has 5 heteroatoms. The first-order valence-corrected chi connectivity index (χ1v) is 7.33. The number of benzene rings is 1. The van der Waals surface area contributed by atoms with Crippen molar-refractivity contribution in [1.82, 2.24) is 19.7 Å². The first-order valence-electron chi connectivity index (χ1n) is 7.33. The molecule has 1 aromatic carbocycles. The smallest absolute Gasteiger partial charge is 0.229 e. The number of aromatic nitrogens is 4. The maximum absolute atomic E-state index is 5.33. The Labute approximate surface area is 124 Å². The van der Waals surface area contributed by atoms with Gasteiger partial charge in [-0.3, -0.25) is 0 Å². The van der Waals surface area contributed by atoms with Crippen molar-refractivity contribution < 1.29 is 4.52 Å². The van der Waals surface area contributed by atoms with E-state index < -0.39 is 0 Å². The molecule has 0 fully saturated rings. The van der Waals surface area contributed by atoms with E-state index in [9.17, 15) is 0 Å². The molecule has 0 spiro atoms. The van der Waals surface area contributed by atoms with Crippen LogP contribution in [0, 0.1) is 13.8 Å². The topological polar surface area (TPSA) is 56.7 Å². The summed E-state index contributed by atoms with van der Waals surface area (Å²) >= 11 is 0. The van der Waals surface area contributed by atoms with E-state index in [2.05, 4.69) is 59.5 Å². The van der Waals surface area contributed by atoms with Gasteiger partial charge in [0.1, 0.15) is 0 Å². The Morgan fingerprint density at radius 2 is 2.00 bits per heavy atom. The lowest BCUT2D eigenvalue weighted by Crippen LogP contribution is -2.01. The van der Waals surface area contributed by atoms with Crippen molar-refractivity contribution in [2.45, 2.75) is 46.6 Å². The molecule has 1 atom stereocenters. The molecule has 2 aromatic heterocycles. The Kier molecular flexibility index (Phi) is 3.49. The predicted octanol–water partition coefficient (Wildman–Crippen LogP) is 3.60. The molecule has 0 radical (unpaired) electrons. The second-order valence-electron chi connectivity index (χ2n) is 5.66. The summed E-state index contributed by atoms with van der Waals surface area (Å²) < 4.78 is 7.39. The quantitative estimate of drug-likeness (QED) is 0.734. The van der Waals surface area contributed by atoms with Crippen molar-refractivity contribution in [3.8, 4) is 0 Å². The monoisotopic (exact) mass is 284 g/mol. The van der Waals surface area contributed by atoms with Crippen molar-refractivity contribution in [2.24, 2.45) is 0 Å². The van der Waals surface area contributed by atoms with Crippen molar-refractivity contribution in [3.63, 3.8) is 0 Å². The van der Waals surface area contributed by atoms with E-state index in [0.29, 0.717) is 24.2 Å². The zero-order chi connectivity index (χ0) is 15.0. The zero-order valence-corrected chi connectivity index (χ0v) is 12.9. The van der Waals surface area contributed by atoms with Crippen LogP contribution < -0.4 is 0 Å². The number of hydrogen-bond donors (Lipinski definition) is 0. The van der Waals surface area contributed by atoms with Crippen LogP contribution in [0.4, 0.5) is 0 Å². The Morgan fingerprint density at radius 1 is 1.24 bits per heavy atom. The first-order chi connectivity index (χ1) is 10.1. The highest BCUT2D eigenvalue weighted by molar-refractivity contribution is 5.77. The minimum atomic E-state index is 0.302. The highest BCUT2D eigenvalue weighted by Crippen LogP contribution is 2.20. The lowest BCUT2D eigenvalue weighted by atomic mass is 10.1. The number of hydrogen-bond acceptors (Lipinski definition) is 4. The fraction of sp³-hybridized carbons (Fsp3) is 0.438. The SMILES string of the molecule is CCC(C)c1nc(Cn2cnc3cc(C)c(C)cc32)no1. The van der Waals surface area contributed by atoms with Crippen LogP contribution in [0.3, 0.4) is 0 Å². The summed E-state index contributed by atoms with van der Waals surface area (Å²) in [5.74, 6) is 1.71. The third-order valence-electron chi connectivity index (χ3n) is 4.07. The van der Waals surface area contributed by atoms with Gasteiger partial charge < -0.3 is 9.09 Å². The van der Waals surface area contributed by atoms with E-state index in [1.165, 1.54) is 11.1 Å². The molecule has 0 bridgehead atoms. The van der Waals surface area contributed by atoms with Crippen LogP contribution in [-0.4, -0.2) is 19.7 Å². The maximum atomic E-state index is 5.33. The van der Waals surface area contributed by atoms with Crippen LogP contribution in [0.15, 0.2) is 23.0 Å². The summed E-state index contributed by atoms with van der Waals surface area (Å²) in [5, 5.41) is 4.07. The van der Waals surface area contributed by atoms with Gasteiger partial charge in [-0.2, -0.15) is 4.98 Å². The highest BCUT2D eigenvalue weighted by Gasteiger charge is 2.13. The van der Waals surface area contributed by atoms with Gasteiger partial charge in [-0.05, 0) is 43.5 Å². The van der Waals surface area contributed by atoms with Gasteiger partial charge in [0, 0.05) is 5.92 Å². The zero-order valence-electron chi connectivity index (χ0n) is 12.9. The van der Waals surface area contributed by atoms with E-state index in [0.717, 1.165) is 17.5 Å². The molecule has 110 valence electrons. The summed E-state index contributed by atoms with van der Waals surface area (Å²) in [6.07, 6.45) is 2.83. The van der Waals surface area contributed by atoms with E-state index in [1.807, 2.05) is 6.33 Å². The molecule has 0 aliphatic carbocycles. The van der Waals surface area contributed by atoms with Crippen molar-refractivity contribution >= 4 is 11.0 Å². The third-order valence-corrected chi connectivity index (χ3v) is 4.07. The number of fused-ring (bicyclic) bond motifs is 1. The Morgan fingerprint density at radius 3 is 2.76 bits per heavy atom. The van der Waals surface area contributed by atoms with Crippen molar-refractivity contribution in [1.29, 1.82) is 0 Å². The molecule has 0 aliphatic rings. The van der Waals surface area contributed by atoms with Gasteiger partial charge >= 0.3 is 0 Å².